The Kier molecular flexibility index (Phi) is 5.03. The Balaban J connectivity index is 1.58. The van der Waals surface area contributed by atoms with E-state index in [-0.39, 0.29) is 5.91 Å². The van der Waals surface area contributed by atoms with E-state index in [1.54, 1.807) is 40.0 Å². The second-order valence-corrected chi connectivity index (χ2v) is 7.72. The summed E-state index contributed by atoms with van der Waals surface area (Å²) in [4.78, 5) is 20.0. The van der Waals surface area contributed by atoms with E-state index in [0.29, 0.717) is 29.7 Å². The van der Waals surface area contributed by atoms with Gasteiger partial charge in [0, 0.05) is 38.0 Å². The molecule has 8 heteroatoms. The Labute approximate surface area is 184 Å². The summed E-state index contributed by atoms with van der Waals surface area (Å²) >= 11 is 0. The SMILES string of the molecule is CN(Cc1cnn(C)c1)C(=O)c1cc(-c2ccccc2)nc2c1cnn2Cc1ccco1. The van der Waals surface area contributed by atoms with E-state index in [1.165, 1.54) is 0 Å². The Morgan fingerprint density at radius 3 is 2.66 bits per heavy atom. The van der Waals surface area contributed by atoms with Gasteiger partial charge in [-0.3, -0.25) is 9.48 Å². The van der Waals surface area contributed by atoms with Crippen LogP contribution in [0.1, 0.15) is 21.7 Å². The molecule has 5 rings (SSSR count). The van der Waals surface area contributed by atoms with Crippen LogP contribution in [0, 0.1) is 0 Å². The van der Waals surface area contributed by atoms with Crippen molar-refractivity contribution >= 4 is 16.9 Å². The maximum absolute atomic E-state index is 13.5. The lowest BCUT2D eigenvalue weighted by Gasteiger charge is -2.17. The smallest absolute Gasteiger partial charge is 0.254 e. The molecule has 8 nitrogen and oxygen atoms in total. The van der Waals surface area contributed by atoms with Crippen molar-refractivity contribution in [3.8, 4) is 11.3 Å². The van der Waals surface area contributed by atoms with Crippen molar-refractivity contribution in [1.29, 1.82) is 0 Å². The standard InChI is InChI=1S/C24H22N6O2/c1-28(14-17-12-25-29(2)15-17)24(31)20-11-22(18-7-4-3-5-8-18)27-23-21(20)13-26-30(23)16-19-9-6-10-32-19/h3-13,15H,14,16H2,1-2H3. The predicted octanol–water partition coefficient (Wildman–Crippen LogP) is 3.75. The Bertz CT molecular complexity index is 1370. The number of furan rings is 1. The molecule has 0 unspecified atom stereocenters. The first-order valence-corrected chi connectivity index (χ1v) is 10.3. The molecule has 0 saturated carbocycles. The highest BCUT2D eigenvalue weighted by molar-refractivity contribution is 6.06. The van der Waals surface area contributed by atoms with E-state index in [9.17, 15) is 4.79 Å². The number of hydrogen-bond acceptors (Lipinski definition) is 5. The van der Waals surface area contributed by atoms with Crippen molar-refractivity contribution in [1.82, 2.24) is 29.4 Å². The molecule has 0 aliphatic heterocycles. The zero-order valence-corrected chi connectivity index (χ0v) is 17.8. The van der Waals surface area contributed by atoms with Gasteiger partial charge in [-0.05, 0) is 18.2 Å². The summed E-state index contributed by atoms with van der Waals surface area (Å²) in [5, 5.41) is 9.40. The fraction of sp³-hybridized carbons (Fsp3) is 0.167. The molecule has 0 aliphatic rings. The highest BCUT2D eigenvalue weighted by Gasteiger charge is 2.21. The largest absolute Gasteiger partial charge is 0.467 e. The molecule has 1 amide bonds. The van der Waals surface area contributed by atoms with Crippen LogP contribution < -0.4 is 0 Å². The van der Waals surface area contributed by atoms with E-state index >= 15 is 0 Å². The molecule has 0 saturated heterocycles. The lowest BCUT2D eigenvalue weighted by atomic mass is 10.1. The number of carbonyl (C=O) groups is 1. The highest BCUT2D eigenvalue weighted by Crippen LogP contribution is 2.26. The van der Waals surface area contributed by atoms with Gasteiger partial charge in [0.05, 0.1) is 35.3 Å². The number of benzene rings is 1. The molecule has 4 aromatic heterocycles. The molecule has 0 aliphatic carbocycles. The van der Waals surface area contributed by atoms with Crippen LogP contribution in [0.25, 0.3) is 22.3 Å². The van der Waals surface area contributed by atoms with Crippen molar-refractivity contribution in [2.75, 3.05) is 7.05 Å². The third-order valence-corrected chi connectivity index (χ3v) is 5.32. The third-order valence-electron chi connectivity index (χ3n) is 5.32. The van der Waals surface area contributed by atoms with E-state index in [1.807, 2.05) is 61.8 Å². The second kappa shape index (κ2) is 8.14. The summed E-state index contributed by atoms with van der Waals surface area (Å²) < 4.78 is 8.97. The summed E-state index contributed by atoms with van der Waals surface area (Å²) in [6.45, 7) is 0.887. The molecule has 160 valence electrons. The van der Waals surface area contributed by atoms with Crippen molar-refractivity contribution in [2.24, 2.45) is 7.05 Å². The van der Waals surface area contributed by atoms with Crippen molar-refractivity contribution < 1.29 is 9.21 Å². The lowest BCUT2D eigenvalue weighted by molar-refractivity contribution is 0.0787. The highest BCUT2D eigenvalue weighted by atomic mass is 16.3. The van der Waals surface area contributed by atoms with E-state index in [0.717, 1.165) is 22.6 Å². The first kappa shape index (κ1) is 19.7. The van der Waals surface area contributed by atoms with Gasteiger partial charge in [0.15, 0.2) is 5.65 Å². The van der Waals surface area contributed by atoms with Gasteiger partial charge >= 0.3 is 0 Å². The molecule has 4 heterocycles. The average Bonchev–Trinajstić information content (AvgIpc) is 3.56. The normalized spacial score (nSPS) is 11.2. The van der Waals surface area contributed by atoms with Crippen LogP contribution in [0.4, 0.5) is 0 Å². The van der Waals surface area contributed by atoms with Gasteiger partial charge < -0.3 is 9.32 Å². The van der Waals surface area contributed by atoms with Crippen LogP contribution >= 0.6 is 0 Å². The number of aryl methyl sites for hydroxylation is 1. The number of pyridine rings is 1. The molecule has 0 N–H and O–H groups in total. The summed E-state index contributed by atoms with van der Waals surface area (Å²) in [6, 6.07) is 15.4. The monoisotopic (exact) mass is 426 g/mol. The second-order valence-electron chi connectivity index (χ2n) is 7.72. The summed E-state index contributed by atoms with van der Waals surface area (Å²) in [6.07, 6.45) is 7.00. The van der Waals surface area contributed by atoms with Gasteiger partial charge in [0.25, 0.3) is 5.91 Å². The van der Waals surface area contributed by atoms with Crippen LogP contribution in [0.2, 0.25) is 0 Å². The Morgan fingerprint density at radius 2 is 1.94 bits per heavy atom. The predicted molar refractivity (Wildman–Crippen MR) is 120 cm³/mol. The maximum Gasteiger partial charge on any atom is 0.254 e. The van der Waals surface area contributed by atoms with Crippen molar-refractivity contribution in [2.45, 2.75) is 13.1 Å². The first-order chi connectivity index (χ1) is 15.6. The number of rotatable bonds is 6. The number of nitrogens with zero attached hydrogens (tertiary/aromatic N) is 6. The Hall–Kier alpha value is -4.20. The fourth-order valence-corrected chi connectivity index (χ4v) is 3.75. The minimum Gasteiger partial charge on any atom is -0.467 e. The molecule has 5 aromatic rings. The maximum atomic E-state index is 13.5. The fourth-order valence-electron chi connectivity index (χ4n) is 3.75. The van der Waals surface area contributed by atoms with Crippen molar-refractivity contribution in [3.63, 3.8) is 0 Å². The van der Waals surface area contributed by atoms with Gasteiger partial charge in [0.2, 0.25) is 0 Å². The van der Waals surface area contributed by atoms with E-state index in [4.69, 9.17) is 9.40 Å². The van der Waals surface area contributed by atoms with Crippen LogP contribution in [0.3, 0.4) is 0 Å². The van der Waals surface area contributed by atoms with Crippen LogP contribution in [0.15, 0.2) is 77.8 Å². The molecule has 32 heavy (non-hydrogen) atoms. The van der Waals surface area contributed by atoms with Gasteiger partial charge in [-0.15, -0.1) is 0 Å². The zero-order chi connectivity index (χ0) is 22.1. The quantitative estimate of drug-likeness (QED) is 0.413. The van der Waals surface area contributed by atoms with Crippen LogP contribution in [-0.2, 0) is 20.1 Å². The minimum absolute atomic E-state index is 0.101. The zero-order valence-electron chi connectivity index (χ0n) is 17.8. The van der Waals surface area contributed by atoms with Crippen molar-refractivity contribution in [3.05, 3.63) is 90.3 Å². The number of hydrogen-bond donors (Lipinski definition) is 0. The molecule has 1 aromatic carbocycles. The van der Waals surface area contributed by atoms with E-state index < -0.39 is 0 Å². The van der Waals surface area contributed by atoms with Crippen LogP contribution in [-0.4, -0.2) is 42.4 Å². The molecule has 0 atom stereocenters. The van der Waals surface area contributed by atoms with Gasteiger partial charge in [-0.25, -0.2) is 9.67 Å². The van der Waals surface area contributed by atoms with Gasteiger partial charge in [0.1, 0.15) is 12.3 Å². The number of aromatic nitrogens is 5. The topological polar surface area (TPSA) is 82.0 Å². The summed E-state index contributed by atoms with van der Waals surface area (Å²) in [7, 11) is 3.65. The minimum atomic E-state index is -0.101. The number of carbonyl (C=O) groups excluding carboxylic acids is 1. The lowest BCUT2D eigenvalue weighted by Crippen LogP contribution is -2.26. The molecule has 0 spiro atoms. The van der Waals surface area contributed by atoms with Gasteiger partial charge in [-0.2, -0.15) is 10.2 Å². The molecule has 0 bridgehead atoms. The number of fused-ring (bicyclic) bond motifs is 1. The molecular formula is C24H22N6O2. The molecule has 0 fully saturated rings. The average molecular weight is 426 g/mol. The van der Waals surface area contributed by atoms with Gasteiger partial charge in [-0.1, -0.05) is 30.3 Å². The molecular weight excluding hydrogens is 404 g/mol. The summed E-state index contributed by atoms with van der Waals surface area (Å²) in [5.74, 6) is 0.666. The number of amides is 1. The Morgan fingerprint density at radius 1 is 1.09 bits per heavy atom. The molecule has 0 radical (unpaired) electrons. The van der Waals surface area contributed by atoms with Crippen LogP contribution in [0.5, 0.6) is 0 Å². The third kappa shape index (κ3) is 3.78. The summed E-state index contributed by atoms with van der Waals surface area (Å²) in [5.41, 5.74) is 3.82. The van der Waals surface area contributed by atoms with E-state index in [2.05, 4.69) is 10.2 Å². The first-order valence-electron chi connectivity index (χ1n) is 10.3.